The van der Waals surface area contributed by atoms with Crippen LogP contribution in [-0.2, 0) is 11.8 Å². The van der Waals surface area contributed by atoms with Crippen molar-refractivity contribution in [3.8, 4) is 10.6 Å². The molecule has 1 aliphatic rings. The lowest BCUT2D eigenvalue weighted by Crippen LogP contribution is -2.40. The molecule has 2 aromatic rings. The molecule has 0 aliphatic carbocycles. The summed E-state index contributed by atoms with van der Waals surface area (Å²) in [4.78, 5) is 30.7. The molecule has 0 aromatic carbocycles. The predicted molar refractivity (Wildman–Crippen MR) is 94.6 cm³/mol. The number of aliphatic carboxylic acids is 1. The van der Waals surface area contributed by atoms with Gasteiger partial charge in [0.2, 0.25) is 0 Å². The molecule has 1 atom stereocenters. The van der Waals surface area contributed by atoms with Gasteiger partial charge in [0.25, 0.3) is 5.91 Å². The van der Waals surface area contributed by atoms with E-state index in [-0.39, 0.29) is 18.2 Å². The summed E-state index contributed by atoms with van der Waals surface area (Å²) in [5.41, 5.74) is 1.65. The van der Waals surface area contributed by atoms with E-state index < -0.39 is 5.97 Å². The number of nitrogens with zero attached hydrogens (tertiary/aromatic N) is 4. The third-order valence-corrected chi connectivity index (χ3v) is 5.71. The van der Waals surface area contributed by atoms with Gasteiger partial charge in [0.05, 0.1) is 11.9 Å². The molecule has 0 saturated carbocycles. The fourth-order valence-corrected chi connectivity index (χ4v) is 4.22. The quantitative estimate of drug-likeness (QED) is 0.883. The number of aryl methyl sites for hydroxylation is 2. The van der Waals surface area contributed by atoms with Crippen LogP contribution >= 0.6 is 11.3 Å². The normalized spacial score (nSPS) is 17.7. The van der Waals surface area contributed by atoms with Crippen molar-refractivity contribution in [1.82, 2.24) is 19.7 Å². The predicted octanol–water partition coefficient (Wildman–Crippen LogP) is 2.57. The highest BCUT2D eigenvalue weighted by Gasteiger charge is 2.27. The summed E-state index contributed by atoms with van der Waals surface area (Å²) in [6.45, 7) is 3.21. The smallest absolute Gasteiger partial charge is 0.303 e. The molecule has 7 nitrogen and oxygen atoms in total. The Morgan fingerprint density at radius 3 is 2.92 bits per heavy atom. The van der Waals surface area contributed by atoms with Crippen LogP contribution in [0.5, 0.6) is 0 Å². The molecular formula is C17H22N4O3S. The molecule has 1 fully saturated rings. The van der Waals surface area contributed by atoms with E-state index in [0.29, 0.717) is 17.8 Å². The molecule has 1 aliphatic heterocycles. The van der Waals surface area contributed by atoms with Gasteiger partial charge in [0.15, 0.2) is 0 Å². The monoisotopic (exact) mass is 362 g/mol. The summed E-state index contributed by atoms with van der Waals surface area (Å²) in [6.07, 6.45) is 6.33. The number of hydrogen-bond donors (Lipinski definition) is 1. The molecular weight excluding hydrogens is 340 g/mol. The maximum Gasteiger partial charge on any atom is 0.303 e. The van der Waals surface area contributed by atoms with Crippen LogP contribution in [0.3, 0.4) is 0 Å². The maximum atomic E-state index is 12.9. The molecule has 0 unspecified atom stereocenters. The van der Waals surface area contributed by atoms with Crippen molar-refractivity contribution in [2.24, 2.45) is 13.0 Å². The van der Waals surface area contributed by atoms with Gasteiger partial charge in [-0.3, -0.25) is 14.3 Å². The van der Waals surface area contributed by atoms with Gasteiger partial charge in [-0.25, -0.2) is 4.98 Å². The first-order chi connectivity index (χ1) is 11.9. The fourth-order valence-electron chi connectivity index (χ4n) is 3.21. The SMILES string of the molecule is Cc1nc(-c2cnn(C)c2)sc1C(=O)N1CCC[C@@H](CCC(=O)O)C1. The second-order valence-electron chi connectivity index (χ2n) is 6.53. The van der Waals surface area contributed by atoms with Crippen molar-refractivity contribution in [3.63, 3.8) is 0 Å². The number of piperidine rings is 1. The van der Waals surface area contributed by atoms with Gasteiger partial charge in [-0.05, 0) is 32.1 Å². The number of rotatable bonds is 5. The number of aromatic nitrogens is 3. The van der Waals surface area contributed by atoms with E-state index in [0.717, 1.165) is 35.7 Å². The standard InChI is InChI=1S/C17H22N4O3S/c1-11-15(25-16(19-11)13-8-18-20(2)10-13)17(24)21-7-3-4-12(9-21)5-6-14(22)23/h8,10,12H,3-7,9H2,1-2H3,(H,22,23)/t12-/m0/s1. The number of thiazole rings is 1. The van der Waals surface area contributed by atoms with Gasteiger partial charge < -0.3 is 10.0 Å². The van der Waals surface area contributed by atoms with Crippen LogP contribution in [0.25, 0.3) is 10.6 Å². The van der Waals surface area contributed by atoms with E-state index in [1.165, 1.54) is 11.3 Å². The number of carbonyl (C=O) groups excluding carboxylic acids is 1. The Morgan fingerprint density at radius 1 is 1.44 bits per heavy atom. The van der Waals surface area contributed by atoms with Crippen LogP contribution in [0.2, 0.25) is 0 Å². The molecule has 8 heteroatoms. The fraction of sp³-hybridized carbons (Fsp3) is 0.529. The Hall–Kier alpha value is -2.22. The summed E-state index contributed by atoms with van der Waals surface area (Å²) >= 11 is 1.40. The molecule has 1 saturated heterocycles. The Bertz CT molecular complexity index is 783. The van der Waals surface area contributed by atoms with Crippen LogP contribution in [0.1, 0.15) is 41.0 Å². The minimum Gasteiger partial charge on any atom is -0.481 e. The zero-order valence-corrected chi connectivity index (χ0v) is 15.3. The summed E-state index contributed by atoms with van der Waals surface area (Å²) < 4.78 is 1.71. The highest BCUT2D eigenvalue weighted by Crippen LogP contribution is 2.30. The van der Waals surface area contributed by atoms with Crippen LogP contribution in [0.15, 0.2) is 12.4 Å². The Morgan fingerprint density at radius 2 is 2.24 bits per heavy atom. The van der Waals surface area contributed by atoms with Crippen LogP contribution in [-0.4, -0.2) is 49.7 Å². The van der Waals surface area contributed by atoms with Crippen molar-refractivity contribution in [1.29, 1.82) is 0 Å². The van der Waals surface area contributed by atoms with E-state index in [9.17, 15) is 9.59 Å². The van der Waals surface area contributed by atoms with Crippen molar-refractivity contribution in [3.05, 3.63) is 23.0 Å². The molecule has 0 bridgehead atoms. The average molecular weight is 362 g/mol. The summed E-state index contributed by atoms with van der Waals surface area (Å²) in [5, 5.41) is 13.8. The largest absolute Gasteiger partial charge is 0.481 e. The maximum absolute atomic E-state index is 12.9. The van der Waals surface area contributed by atoms with Gasteiger partial charge in [-0.1, -0.05) is 0 Å². The van der Waals surface area contributed by atoms with Gasteiger partial charge in [0, 0.05) is 38.3 Å². The number of likely N-dealkylation sites (tertiary alicyclic amines) is 1. The Labute approximate surface area is 150 Å². The van der Waals surface area contributed by atoms with Crippen LogP contribution in [0, 0.1) is 12.8 Å². The number of carbonyl (C=O) groups is 2. The van der Waals surface area contributed by atoms with Crippen molar-refractivity contribution >= 4 is 23.2 Å². The van der Waals surface area contributed by atoms with Gasteiger partial charge in [-0.15, -0.1) is 11.3 Å². The first-order valence-electron chi connectivity index (χ1n) is 8.41. The molecule has 0 radical (unpaired) electrons. The number of carboxylic acid groups (broad SMARTS) is 1. The van der Waals surface area contributed by atoms with Crippen LogP contribution < -0.4 is 0 Å². The second-order valence-corrected chi connectivity index (χ2v) is 7.53. The molecule has 1 N–H and O–H groups in total. The zero-order valence-electron chi connectivity index (χ0n) is 14.4. The topological polar surface area (TPSA) is 88.3 Å². The molecule has 134 valence electrons. The molecule has 2 aromatic heterocycles. The molecule has 3 heterocycles. The summed E-state index contributed by atoms with van der Waals surface area (Å²) in [5.74, 6) is -0.507. The molecule has 3 rings (SSSR count). The summed E-state index contributed by atoms with van der Waals surface area (Å²) in [6, 6.07) is 0. The third-order valence-electron chi connectivity index (χ3n) is 4.52. The van der Waals surface area contributed by atoms with E-state index in [2.05, 4.69) is 10.1 Å². The van der Waals surface area contributed by atoms with Crippen molar-refractivity contribution < 1.29 is 14.7 Å². The minimum absolute atomic E-state index is 0.00478. The van der Waals surface area contributed by atoms with Gasteiger partial charge >= 0.3 is 5.97 Å². The highest BCUT2D eigenvalue weighted by atomic mass is 32.1. The highest BCUT2D eigenvalue weighted by molar-refractivity contribution is 7.17. The van der Waals surface area contributed by atoms with E-state index >= 15 is 0 Å². The molecule has 25 heavy (non-hydrogen) atoms. The van der Waals surface area contributed by atoms with Crippen molar-refractivity contribution in [2.45, 2.75) is 32.6 Å². The number of carboxylic acids is 1. The lowest BCUT2D eigenvalue weighted by molar-refractivity contribution is -0.137. The van der Waals surface area contributed by atoms with Gasteiger partial charge in [-0.2, -0.15) is 5.10 Å². The third kappa shape index (κ3) is 4.07. The number of amides is 1. The van der Waals surface area contributed by atoms with Gasteiger partial charge in [0.1, 0.15) is 9.88 Å². The lowest BCUT2D eigenvalue weighted by atomic mass is 9.93. The van der Waals surface area contributed by atoms with E-state index in [1.807, 2.05) is 25.1 Å². The summed E-state index contributed by atoms with van der Waals surface area (Å²) in [7, 11) is 1.85. The lowest BCUT2D eigenvalue weighted by Gasteiger charge is -2.32. The van der Waals surface area contributed by atoms with Crippen LogP contribution in [0.4, 0.5) is 0 Å². The second kappa shape index (κ2) is 7.35. The van der Waals surface area contributed by atoms with E-state index in [4.69, 9.17) is 5.11 Å². The Balaban J connectivity index is 1.72. The van der Waals surface area contributed by atoms with E-state index in [1.54, 1.807) is 10.9 Å². The average Bonchev–Trinajstić information content (AvgIpc) is 3.18. The first-order valence-corrected chi connectivity index (χ1v) is 9.23. The first kappa shape index (κ1) is 17.6. The molecule has 1 amide bonds. The van der Waals surface area contributed by atoms with Crippen molar-refractivity contribution in [2.75, 3.05) is 13.1 Å². The Kier molecular flexibility index (Phi) is 5.17. The molecule has 0 spiro atoms. The zero-order chi connectivity index (χ0) is 18.0. The minimum atomic E-state index is -0.775. The number of hydrogen-bond acceptors (Lipinski definition) is 5.